The van der Waals surface area contributed by atoms with Crippen LogP contribution in [0.3, 0.4) is 0 Å². The zero-order valence-corrected chi connectivity index (χ0v) is 20.5. The van der Waals surface area contributed by atoms with E-state index < -0.39 is 23.4 Å². The topological polar surface area (TPSA) is 131 Å². The number of nitrogens with one attached hydrogen (secondary N) is 1. The van der Waals surface area contributed by atoms with Crippen LogP contribution >= 0.6 is 0 Å². The minimum Gasteiger partial charge on any atom is -0.458 e. The van der Waals surface area contributed by atoms with Crippen molar-refractivity contribution in [3.63, 3.8) is 0 Å². The number of cyclic esters (lactones) is 1. The Morgan fingerprint density at radius 3 is 2.81 bits per heavy atom. The van der Waals surface area contributed by atoms with Crippen molar-refractivity contribution in [3.8, 4) is 11.4 Å². The number of esters is 1. The number of pyridine rings is 2. The van der Waals surface area contributed by atoms with Crippen LogP contribution in [0.25, 0.3) is 22.3 Å². The van der Waals surface area contributed by atoms with Crippen molar-refractivity contribution in [1.29, 1.82) is 0 Å². The summed E-state index contributed by atoms with van der Waals surface area (Å²) in [5.41, 5.74) is 2.22. The summed E-state index contributed by atoms with van der Waals surface area (Å²) in [6, 6.07) is 2.54. The third-order valence-corrected chi connectivity index (χ3v) is 8.00. The van der Waals surface area contributed by atoms with Gasteiger partial charge in [0.25, 0.3) is 5.56 Å². The highest BCUT2D eigenvalue weighted by atomic mass is 19.1. The maximum atomic E-state index is 14.9. The second-order valence-electron chi connectivity index (χ2n) is 9.96. The van der Waals surface area contributed by atoms with Gasteiger partial charge in [0.1, 0.15) is 12.4 Å². The molecule has 37 heavy (non-hydrogen) atoms. The molecule has 1 amide bonds. The Hall–Kier alpha value is -3.63. The van der Waals surface area contributed by atoms with Crippen LogP contribution in [0.5, 0.6) is 0 Å². The third kappa shape index (κ3) is 3.21. The van der Waals surface area contributed by atoms with Gasteiger partial charge in [0, 0.05) is 35.6 Å². The van der Waals surface area contributed by atoms with E-state index in [0.717, 1.165) is 22.1 Å². The van der Waals surface area contributed by atoms with E-state index in [1.807, 2.05) is 0 Å². The highest BCUT2D eigenvalue weighted by Gasteiger charge is 2.46. The number of halogens is 1. The summed E-state index contributed by atoms with van der Waals surface area (Å²) in [4.78, 5) is 43.4. The molecule has 1 aromatic carbocycles. The molecule has 0 spiro atoms. The van der Waals surface area contributed by atoms with Crippen molar-refractivity contribution in [3.05, 3.63) is 61.7 Å². The van der Waals surface area contributed by atoms with Crippen molar-refractivity contribution >= 4 is 22.8 Å². The van der Waals surface area contributed by atoms with E-state index in [2.05, 4.69) is 5.32 Å². The number of aliphatic hydroxyl groups is 2. The van der Waals surface area contributed by atoms with Gasteiger partial charge in [0.05, 0.1) is 35.1 Å². The molecule has 0 saturated heterocycles. The van der Waals surface area contributed by atoms with Crippen LogP contribution in [0.1, 0.15) is 65.6 Å². The molecule has 0 bridgehead atoms. The fourth-order valence-corrected chi connectivity index (χ4v) is 6.00. The lowest BCUT2D eigenvalue weighted by atomic mass is 9.86. The molecule has 0 fully saturated rings. The van der Waals surface area contributed by atoms with Crippen LogP contribution < -0.4 is 10.9 Å². The van der Waals surface area contributed by atoms with Gasteiger partial charge in [0.15, 0.2) is 5.60 Å². The molecule has 9 nitrogen and oxygen atoms in total. The van der Waals surface area contributed by atoms with Crippen LogP contribution in [0.4, 0.5) is 4.39 Å². The number of benzene rings is 1. The molecule has 10 heteroatoms. The minimum absolute atomic E-state index is 0.0285. The molecule has 2 atom stereocenters. The van der Waals surface area contributed by atoms with Crippen LogP contribution in [0.15, 0.2) is 16.9 Å². The quantitative estimate of drug-likeness (QED) is 0.352. The van der Waals surface area contributed by atoms with Crippen molar-refractivity contribution in [2.45, 2.75) is 64.3 Å². The molecular formula is C27H26FN3O6. The Kier molecular flexibility index (Phi) is 5.26. The van der Waals surface area contributed by atoms with Crippen LogP contribution in [0.2, 0.25) is 0 Å². The smallest absolute Gasteiger partial charge is 0.343 e. The van der Waals surface area contributed by atoms with E-state index in [1.165, 1.54) is 10.6 Å². The van der Waals surface area contributed by atoms with Gasteiger partial charge in [-0.3, -0.25) is 9.59 Å². The van der Waals surface area contributed by atoms with Crippen molar-refractivity contribution < 1.29 is 28.9 Å². The SMILES string of the molecule is CC[C@@]1(O)C(=O)OCc2c1cc1n(c2=O)Cc2c-1nc1cc(F)c(C)c3c1c2C(NC(=O)CCCO)C3. The van der Waals surface area contributed by atoms with Gasteiger partial charge in [-0.05, 0) is 48.9 Å². The second-order valence-corrected chi connectivity index (χ2v) is 9.96. The molecule has 192 valence electrons. The first kappa shape index (κ1) is 23.7. The lowest BCUT2D eigenvalue weighted by Gasteiger charge is -2.31. The van der Waals surface area contributed by atoms with Crippen LogP contribution in [-0.2, 0) is 39.5 Å². The lowest BCUT2D eigenvalue weighted by molar-refractivity contribution is -0.172. The van der Waals surface area contributed by atoms with Crippen molar-refractivity contribution in [1.82, 2.24) is 14.9 Å². The average Bonchev–Trinajstić information content (AvgIpc) is 3.43. The number of ether oxygens (including phenoxy) is 1. The predicted octanol–water partition coefficient (Wildman–Crippen LogP) is 2.01. The number of nitrogens with zero attached hydrogens (tertiary/aromatic N) is 2. The van der Waals surface area contributed by atoms with Gasteiger partial charge in [0.2, 0.25) is 5.91 Å². The van der Waals surface area contributed by atoms with Gasteiger partial charge in [-0.25, -0.2) is 14.2 Å². The molecule has 2 aliphatic heterocycles. The minimum atomic E-state index is -1.95. The van der Waals surface area contributed by atoms with Gasteiger partial charge in [-0.15, -0.1) is 0 Å². The maximum absolute atomic E-state index is 14.9. The summed E-state index contributed by atoms with van der Waals surface area (Å²) in [5.74, 6) is -1.43. The van der Waals surface area contributed by atoms with Gasteiger partial charge in [-0.1, -0.05) is 6.92 Å². The summed E-state index contributed by atoms with van der Waals surface area (Å²) in [7, 11) is 0. The van der Waals surface area contributed by atoms with Crippen molar-refractivity contribution in [2.24, 2.45) is 0 Å². The lowest BCUT2D eigenvalue weighted by Crippen LogP contribution is -2.44. The molecule has 0 saturated carbocycles. The Labute approximate surface area is 210 Å². The molecule has 3 N–H and O–H groups in total. The third-order valence-electron chi connectivity index (χ3n) is 8.00. The van der Waals surface area contributed by atoms with E-state index in [9.17, 15) is 23.9 Å². The number of carbonyl (C=O) groups is 2. The molecule has 3 aromatic rings. The van der Waals surface area contributed by atoms with Crippen molar-refractivity contribution in [2.75, 3.05) is 6.61 Å². The molecule has 4 heterocycles. The Bertz CT molecular complexity index is 1600. The standard InChI is InChI=1S/C27H26FN3O6/c1-3-27(36)16-8-20-24-14(10-31(20)25(34)15(16)11-37-26(27)35)23-18(29-21(33)5-4-6-32)7-13-12(2)17(28)9-19(30-24)22(13)23/h8-9,18,32,36H,3-7,10-11H2,1-2H3,(H,29,33)/t18?,27-/m0/s1. The molecule has 6 rings (SSSR count). The molecule has 1 aliphatic carbocycles. The number of hydrogen-bond acceptors (Lipinski definition) is 7. The fourth-order valence-electron chi connectivity index (χ4n) is 6.00. The largest absolute Gasteiger partial charge is 0.458 e. The van der Waals surface area contributed by atoms with Gasteiger partial charge < -0.3 is 24.8 Å². The normalized spacial score (nSPS) is 21.0. The highest BCUT2D eigenvalue weighted by molar-refractivity contribution is 5.95. The number of hydrogen-bond donors (Lipinski definition) is 3. The summed E-state index contributed by atoms with van der Waals surface area (Å²) in [5, 5.41) is 24.0. The fraction of sp³-hybridized carbons (Fsp3) is 0.407. The molecule has 2 aromatic heterocycles. The van der Waals surface area contributed by atoms with E-state index >= 15 is 0 Å². The van der Waals surface area contributed by atoms with E-state index in [0.29, 0.717) is 35.3 Å². The summed E-state index contributed by atoms with van der Waals surface area (Å²) < 4.78 is 21.6. The number of rotatable bonds is 5. The first-order chi connectivity index (χ1) is 17.7. The maximum Gasteiger partial charge on any atom is 0.343 e. The zero-order valence-electron chi connectivity index (χ0n) is 20.5. The number of aliphatic hydroxyl groups excluding tert-OH is 1. The van der Waals surface area contributed by atoms with Crippen LogP contribution in [-0.4, -0.2) is 38.2 Å². The zero-order chi connectivity index (χ0) is 26.2. The molecular weight excluding hydrogens is 481 g/mol. The monoisotopic (exact) mass is 507 g/mol. The predicted molar refractivity (Wildman–Crippen MR) is 130 cm³/mol. The highest BCUT2D eigenvalue weighted by Crippen LogP contribution is 2.47. The second kappa shape index (κ2) is 8.19. The molecule has 1 unspecified atom stereocenters. The van der Waals surface area contributed by atoms with Gasteiger partial charge >= 0.3 is 5.97 Å². The first-order valence-corrected chi connectivity index (χ1v) is 12.4. The Balaban J connectivity index is 1.58. The van der Waals surface area contributed by atoms with Gasteiger partial charge in [-0.2, -0.15) is 0 Å². The van der Waals surface area contributed by atoms with Crippen LogP contribution in [0, 0.1) is 12.7 Å². The Morgan fingerprint density at radius 1 is 1.30 bits per heavy atom. The van der Waals surface area contributed by atoms with E-state index in [1.54, 1.807) is 19.9 Å². The molecule has 3 aliphatic rings. The average molecular weight is 508 g/mol. The Morgan fingerprint density at radius 2 is 2.08 bits per heavy atom. The summed E-state index contributed by atoms with van der Waals surface area (Å²) in [6.45, 7) is 3.20. The number of carbonyl (C=O) groups excluding carboxylic acids is 2. The summed E-state index contributed by atoms with van der Waals surface area (Å²) in [6.07, 6.45) is 0.901. The number of fused-ring (bicyclic) bond motifs is 5. The molecule has 0 radical (unpaired) electrons. The number of aromatic nitrogens is 2. The number of amides is 1. The first-order valence-electron chi connectivity index (χ1n) is 12.4. The van der Waals surface area contributed by atoms with E-state index in [4.69, 9.17) is 14.8 Å². The summed E-state index contributed by atoms with van der Waals surface area (Å²) >= 11 is 0. The van der Waals surface area contributed by atoms with E-state index in [-0.39, 0.29) is 55.2 Å².